The lowest BCUT2D eigenvalue weighted by Crippen LogP contribution is -2.51. The van der Waals surface area contributed by atoms with E-state index in [0.717, 1.165) is 21.2 Å². The molecule has 6 nitrogen and oxygen atoms in total. The first-order valence-electron chi connectivity index (χ1n) is 11.5. The van der Waals surface area contributed by atoms with Crippen molar-refractivity contribution in [1.29, 1.82) is 0 Å². The number of carbonyl (C=O) groups excluding carboxylic acids is 2. The van der Waals surface area contributed by atoms with Crippen molar-refractivity contribution in [3.05, 3.63) is 94.0 Å². The van der Waals surface area contributed by atoms with Crippen LogP contribution in [0.3, 0.4) is 0 Å². The minimum absolute atomic E-state index is 0.185. The van der Waals surface area contributed by atoms with E-state index in [1.165, 1.54) is 0 Å². The van der Waals surface area contributed by atoms with Crippen LogP contribution in [0.2, 0.25) is 0 Å². The van der Waals surface area contributed by atoms with Gasteiger partial charge < -0.3 is 19.7 Å². The molecule has 2 amide bonds. The van der Waals surface area contributed by atoms with E-state index >= 15 is 0 Å². The molecule has 35 heavy (non-hydrogen) atoms. The highest BCUT2D eigenvalue weighted by Crippen LogP contribution is 2.22. The quantitative estimate of drug-likeness (QED) is 0.376. The molecule has 184 valence electrons. The van der Waals surface area contributed by atoms with Gasteiger partial charge in [0.25, 0.3) is 5.91 Å². The molecule has 0 aliphatic carbocycles. The van der Waals surface area contributed by atoms with Gasteiger partial charge in [0.05, 0.1) is 7.11 Å². The monoisotopic (exact) mass is 538 g/mol. The molecule has 7 heteroatoms. The Hall–Kier alpha value is -3.32. The highest BCUT2D eigenvalue weighted by Gasteiger charge is 2.30. The Morgan fingerprint density at radius 3 is 2.40 bits per heavy atom. The number of rotatable bonds is 11. The fourth-order valence-electron chi connectivity index (χ4n) is 3.75. The van der Waals surface area contributed by atoms with E-state index in [9.17, 15) is 9.59 Å². The number of nitrogens with one attached hydrogen (secondary N) is 1. The lowest BCUT2D eigenvalue weighted by Gasteiger charge is -2.31. The molecule has 0 fully saturated rings. The third kappa shape index (κ3) is 7.59. The first-order valence-corrected chi connectivity index (χ1v) is 12.3. The molecule has 0 bridgehead atoms. The maximum absolute atomic E-state index is 13.5. The van der Waals surface area contributed by atoms with Crippen LogP contribution in [0.5, 0.6) is 11.5 Å². The van der Waals surface area contributed by atoms with Gasteiger partial charge in [0, 0.05) is 24.0 Å². The Bertz CT molecular complexity index is 1140. The number of amides is 2. The first kappa shape index (κ1) is 26.3. The number of carbonyl (C=O) groups is 2. The standard InChI is InChI=1S/C28H31BrN2O4/c1-4-30-28(33)26(17-21-9-6-5-7-10-21)31(18-22-11-8-12-23(16-22)34-3)27(32)19-35-24-13-14-25(29)20(2)15-24/h5-16,26H,4,17-19H2,1-3H3,(H,30,33). The van der Waals surface area contributed by atoms with E-state index < -0.39 is 6.04 Å². The second-order valence-corrected chi connectivity index (χ2v) is 9.03. The van der Waals surface area contributed by atoms with Gasteiger partial charge in [0.1, 0.15) is 17.5 Å². The summed E-state index contributed by atoms with van der Waals surface area (Å²) in [6.07, 6.45) is 0.389. The summed E-state index contributed by atoms with van der Waals surface area (Å²) in [4.78, 5) is 28.3. The number of methoxy groups -OCH3 is 1. The minimum Gasteiger partial charge on any atom is -0.497 e. The van der Waals surface area contributed by atoms with E-state index in [4.69, 9.17) is 9.47 Å². The fourth-order valence-corrected chi connectivity index (χ4v) is 4.00. The van der Waals surface area contributed by atoms with Crippen LogP contribution in [-0.2, 0) is 22.6 Å². The van der Waals surface area contributed by atoms with Crippen LogP contribution in [0.15, 0.2) is 77.3 Å². The van der Waals surface area contributed by atoms with Crippen molar-refractivity contribution >= 4 is 27.7 Å². The van der Waals surface area contributed by atoms with Crippen LogP contribution < -0.4 is 14.8 Å². The molecule has 0 spiro atoms. The molecule has 1 atom stereocenters. The van der Waals surface area contributed by atoms with E-state index in [1.54, 1.807) is 12.0 Å². The van der Waals surface area contributed by atoms with Gasteiger partial charge in [-0.3, -0.25) is 9.59 Å². The maximum Gasteiger partial charge on any atom is 0.261 e. The highest BCUT2D eigenvalue weighted by atomic mass is 79.9. The zero-order valence-corrected chi connectivity index (χ0v) is 21.9. The zero-order chi connectivity index (χ0) is 25.2. The number of nitrogens with zero attached hydrogens (tertiary/aromatic N) is 1. The molecule has 0 saturated heterocycles. The minimum atomic E-state index is -0.702. The third-order valence-electron chi connectivity index (χ3n) is 5.60. The SMILES string of the molecule is CCNC(=O)C(Cc1ccccc1)N(Cc1cccc(OC)c1)C(=O)COc1ccc(Br)c(C)c1. The van der Waals surface area contributed by atoms with E-state index in [1.807, 2.05) is 86.6 Å². The number of likely N-dealkylation sites (N-methyl/N-ethyl adjacent to an activating group) is 1. The highest BCUT2D eigenvalue weighted by molar-refractivity contribution is 9.10. The summed E-state index contributed by atoms with van der Waals surface area (Å²) in [5.74, 6) is 0.805. The lowest BCUT2D eigenvalue weighted by atomic mass is 10.0. The topological polar surface area (TPSA) is 67.9 Å². The van der Waals surface area contributed by atoms with Crippen molar-refractivity contribution < 1.29 is 19.1 Å². The number of aryl methyl sites for hydroxylation is 1. The molecule has 0 aromatic heterocycles. The molecule has 0 radical (unpaired) electrons. The Morgan fingerprint density at radius 1 is 0.971 bits per heavy atom. The average Bonchev–Trinajstić information content (AvgIpc) is 2.87. The molecule has 1 N–H and O–H groups in total. The molecule has 0 aliphatic rings. The predicted molar refractivity (Wildman–Crippen MR) is 141 cm³/mol. The van der Waals surface area contributed by atoms with Crippen LogP contribution in [0, 0.1) is 6.92 Å². The first-order chi connectivity index (χ1) is 16.9. The van der Waals surface area contributed by atoms with Gasteiger partial charge in [-0.25, -0.2) is 0 Å². The smallest absolute Gasteiger partial charge is 0.261 e. The number of halogens is 1. The van der Waals surface area contributed by atoms with Crippen LogP contribution in [0.4, 0.5) is 0 Å². The molecule has 3 aromatic rings. The molecule has 0 heterocycles. The van der Waals surface area contributed by atoms with Gasteiger partial charge in [-0.1, -0.05) is 58.4 Å². The van der Waals surface area contributed by atoms with Gasteiger partial charge in [0.2, 0.25) is 5.91 Å². The Labute approximate surface area is 215 Å². The maximum atomic E-state index is 13.5. The van der Waals surface area contributed by atoms with Crippen LogP contribution in [0.1, 0.15) is 23.6 Å². The van der Waals surface area contributed by atoms with Crippen LogP contribution in [-0.4, -0.2) is 43.0 Å². The van der Waals surface area contributed by atoms with Gasteiger partial charge in [0.15, 0.2) is 6.61 Å². The predicted octanol–water partition coefficient (Wildman–Crippen LogP) is 4.92. The molecule has 3 aromatic carbocycles. The molecule has 1 unspecified atom stereocenters. The van der Waals surface area contributed by atoms with Gasteiger partial charge in [-0.05, 0) is 60.9 Å². The molecule has 0 aliphatic heterocycles. The molecule has 0 saturated carbocycles. The van der Waals surface area contributed by atoms with Crippen LogP contribution >= 0.6 is 15.9 Å². The summed E-state index contributed by atoms with van der Waals surface area (Å²) in [6.45, 7) is 4.35. The summed E-state index contributed by atoms with van der Waals surface area (Å²) < 4.78 is 12.2. The number of hydrogen-bond acceptors (Lipinski definition) is 4. The van der Waals surface area contributed by atoms with E-state index in [2.05, 4.69) is 21.2 Å². The molecular formula is C28H31BrN2O4. The number of benzene rings is 3. The van der Waals surface area contributed by atoms with Crippen molar-refractivity contribution in [3.8, 4) is 11.5 Å². The molecular weight excluding hydrogens is 508 g/mol. The fraction of sp³-hybridized carbons (Fsp3) is 0.286. The van der Waals surface area contributed by atoms with Gasteiger partial charge in [-0.2, -0.15) is 0 Å². The number of ether oxygens (including phenoxy) is 2. The number of hydrogen-bond donors (Lipinski definition) is 1. The van der Waals surface area contributed by atoms with Crippen molar-refractivity contribution in [2.75, 3.05) is 20.3 Å². The Balaban J connectivity index is 1.90. The van der Waals surface area contributed by atoms with Gasteiger partial charge >= 0.3 is 0 Å². The average molecular weight is 539 g/mol. The van der Waals surface area contributed by atoms with Crippen molar-refractivity contribution in [1.82, 2.24) is 10.2 Å². The second kappa shape index (κ2) is 13.0. The molecule has 3 rings (SSSR count). The van der Waals surface area contributed by atoms with Crippen molar-refractivity contribution in [2.24, 2.45) is 0 Å². The normalized spacial score (nSPS) is 11.4. The third-order valence-corrected chi connectivity index (χ3v) is 6.49. The summed E-state index contributed by atoms with van der Waals surface area (Å²) >= 11 is 3.48. The summed E-state index contributed by atoms with van der Waals surface area (Å²) in [7, 11) is 1.60. The zero-order valence-electron chi connectivity index (χ0n) is 20.3. The largest absolute Gasteiger partial charge is 0.497 e. The van der Waals surface area contributed by atoms with Crippen molar-refractivity contribution in [2.45, 2.75) is 32.9 Å². The van der Waals surface area contributed by atoms with Gasteiger partial charge in [-0.15, -0.1) is 0 Å². The van der Waals surface area contributed by atoms with E-state index in [-0.39, 0.29) is 25.0 Å². The van der Waals surface area contributed by atoms with Crippen LogP contribution in [0.25, 0.3) is 0 Å². The summed E-state index contributed by atoms with van der Waals surface area (Å²) in [5.41, 5.74) is 2.84. The second-order valence-electron chi connectivity index (χ2n) is 8.17. The Morgan fingerprint density at radius 2 is 1.71 bits per heavy atom. The summed E-state index contributed by atoms with van der Waals surface area (Å²) in [6, 6.07) is 22.1. The Kier molecular flexibility index (Phi) is 9.73. The van der Waals surface area contributed by atoms with E-state index in [0.29, 0.717) is 24.5 Å². The summed E-state index contributed by atoms with van der Waals surface area (Å²) in [5, 5.41) is 2.89. The lowest BCUT2D eigenvalue weighted by molar-refractivity contribution is -0.142. The van der Waals surface area contributed by atoms with Crippen molar-refractivity contribution in [3.63, 3.8) is 0 Å².